The van der Waals surface area contributed by atoms with Crippen molar-refractivity contribution in [1.29, 1.82) is 0 Å². The molecule has 1 fully saturated rings. The van der Waals surface area contributed by atoms with Crippen LogP contribution >= 0.6 is 0 Å². The van der Waals surface area contributed by atoms with E-state index in [0.717, 1.165) is 24.0 Å². The van der Waals surface area contributed by atoms with Crippen LogP contribution in [0.2, 0.25) is 0 Å². The average molecular weight is 240 g/mol. The number of aliphatic hydroxyl groups is 1. The molecule has 0 spiro atoms. The van der Waals surface area contributed by atoms with Gasteiger partial charge in [0.1, 0.15) is 0 Å². The molecule has 0 bridgehead atoms. The lowest BCUT2D eigenvalue weighted by Gasteiger charge is -2.42. The summed E-state index contributed by atoms with van der Waals surface area (Å²) in [7, 11) is 0. The van der Waals surface area contributed by atoms with Crippen molar-refractivity contribution >= 4 is 5.97 Å². The van der Waals surface area contributed by atoms with Crippen LogP contribution in [0.3, 0.4) is 0 Å². The van der Waals surface area contributed by atoms with Gasteiger partial charge in [0.05, 0.1) is 11.5 Å². The van der Waals surface area contributed by atoms with Crippen molar-refractivity contribution in [1.82, 2.24) is 0 Å². The van der Waals surface area contributed by atoms with Gasteiger partial charge in [-0.2, -0.15) is 0 Å². The van der Waals surface area contributed by atoms with Crippen LogP contribution in [0.4, 0.5) is 0 Å². The van der Waals surface area contributed by atoms with Gasteiger partial charge in [-0.15, -0.1) is 0 Å². The molecule has 1 rings (SSSR count). The molecular formula is C14H24O3. The third-order valence-electron chi connectivity index (χ3n) is 3.96. The number of hydrogen-bond acceptors (Lipinski definition) is 2. The molecule has 17 heavy (non-hydrogen) atoms. The summed E-state index contributed by atoms with van der Waals surface area (Å²) in [6, 6.07) is 0. The highest BCUT2D eigenvalue weighted by Crippen LogP contribution is 2.43. The summed E-state index contributed by atoms with van der Waals surface area (Å²) >= 11 is 0. The molecule has 3 unspecified atom stereocenters. The van der Waals surface area contributed by atoms with Gasteiger partial charge in [-0.1, -0.05) is 19.4 Å². The third-order valence-corrected chi connectivity index (χ3v) is 3.96. The first kappa shape index (κ1) is 14.2. The van der Waals surface area contributed by atoms with Crippen LogP contribution in [0.15, 0.2) is 11.1 Å². The second kappa shape index (κ2) is 5.21. The second-order valence-corrected chi connectivity index (χ2v) is 5.55. The predicted octanol–water partition coefficient (Wildman–Crippen LogP) is 2.98. The third kappa shape index (κ3) is 2.71. The van der Waals surface area contributed by atoms with Gasteiger partial charge in [0.15, 0.2) is 0 Å². The highest BCUT2D eigenvalue weighted by atomic mass is 16.4. The summed E-state index contributed by atoms with van der Waals surface area (Å²) in [5.74, 6) is -1.19. The summed E-state index contributed by atoms with van der Waals surface area (Å²) in [6.45, 7) is 7.84. The van der Waals surface area contributed by atoms with Gasteiger partial charge in [0, 0.05) is 0 Å². The van der Waals surface area contributed by atoms with Crippen LogP contribution in [0, 0.1) is 11.8 Å². The van der Waals surface area contributed by atoms with Gasteiger partial charge < -0.3 is 10.2 Å². The van der Waals surface area contributed by atoms with E-state index < -0.39 is 17.5 Å². The molecule has 2 N–H and O–H groups in total. The van der Waals surface area contributed by atoms with Gasteiger partial charge in [-0.25, -0.2) is 0 Å². The molecule has 0 radical (unpaired) electrons. The normalized spacial score (nSPS) is 31.1. The van der Waals surface area contributed by atoms with E-state index >= 15 is 0 Å². The van der Waals surface area contributed by atoms with E-state index in [1.54, 1.807) is 0 Å². The van der Waals surface area contributed by atoms with E-state index in [4.69, 9.17) is 0 Å². The van der Waals surface area contributed by atoms with Crippen LogP contribution < -0.4 is 0 Å². The van der Waals surface area contributed by atoms with Crippen LogP contribution in [-0.2, 0) is 4.79 Å². The predicted molar refractivity (Wildman–Crippen MR) is 67.8 cm³/mol. The van der Waals surface area contributed by atoms with Crippen LogP contribution in [0.5, 0.6) is 0 Å². The van der Waals surface area contributed by atoms with Crippen molar-refractivity contribution in [2.75, 3.05) is 0 Å². The Kier molecular flexibility index (Phi) is 4.36. The average Bonchev–Trinajstić information content (AvgIpc) is 2.16. The largest absolute Gasteiger partial charge is 0.481 e. The van der Waals surface area contributed by atoms with E-state index in [2.05, 4.69) is 6.92 Å². The van der Waals surface area contributed by atoms with Crippen LogP contribution in [-0.4, -0.2) is 21.8 Å². The van der Waals surface area contributed by atoms with Crippen LogP contribution in [0.25, 0.3) is 0 Å². The maximum Gasteiger partial charge on any atom is 0.309 e. The van der Waals surface area contributed by atoms with Gasteiger partial charge >= 0.3 is 5.97 Å². The first-order valence-electron chi connectivity index (χ1n) is 6.44. The van der Waals surface area contributed by atoms with E-state index in [0.29, 0.717) is 18.8 Å². The highest BCUT2D eigenvalue weighted by molar-refractivity contribution is 5.72. The molecule has 0 aromatic heterocycles. The monoisotopic (exact) mass is 240 g/mol. The quantitative estimate of drug-likeness (QED) is 0.746. The molecule has 98 valence electrons. The van der Waals surface area contributed by atoms with E-state index in [1.165, 1.54) is 0 Å². The summed E-state index contributed by atoms with van der Waals surface area (Å²) in [5, 5.41) is 20.2. The highest BCUT2D eigenvalue weighted by Gasteiger charge is 2.46. The summed E-state index contributed by atoms with van der Waals surface area (Å²) in [6.07, 6.45) is 2.90. The fourth-order valence-electron chi connectivity index (χ4n) is 3.12. The molecule has 0 heterocycles. The van der Waals surface area contributed by atoms with Crippen molar-refractivity contribution in [2.24, 2.45) is 11.8 Å². The van der Waals surface area contributed by atoms with Crippen molar-refractivity contribution in [3.8, 4) is 0 Å². The summed E-state index contributed by atoms with van der Waals surface area (Å²) in [5.41, 5.74) is 0.876. The first-order chi connectivity index (χ1) is 7.82. The summed E-state index contributed by atoms with van der Waals surface area (Å²) in [4.78, 5) is 11.3. The molecule has 3 atom stereocenters. The minimum atomic E-state index is -1.14. The fraction of sp³-hybridized carbons (Fsp3) is 0.786. The molecule has 1 aliphatic carbocycles. The molecule has 0 saturated heterocycles. The Morgan fingerprint density at radius 1 is 1.53 bits per heavy atom. The van der Waals surface area contributed by atoms with E-state index in [9.17, 15) is 15.0 Å². The maximum atomic E-state index is 11.3. The Balaban J connectivity index is 3.17. The van der Waals surface area contributed by atoms with Crippen molar-refractivity contribution in [3.63, 3.8) is 0 Å². The van der Waals surface area contributed by atoms with Crippen LogP contribution in [0.1, 0.15) is 53.4 Å². The number of hydrogen-bond donors (Lipinski definition) is 2. The smallest absolute Gasteiger partial charge is 0.309 e. The van der Waals surface area contributed by atoms with Crippen molar-refractivity contribution < 1.29 is 15.0 Å². The number of rotatable bonds is 3. The Morgan fingerprint density at radius 2 is 2.12 bits per heavy atom. The second-order valence-electron chi connectivity index (χ2n) is 5.55. The van der Waals surface area contributed by atoms with E-state index in [-0.39, 0.29) is 0 Å². The first-order valence-corrected chi connectivity index (χ1v) is 6.44. The SMILES string of the molecule is CCC(C(=O)O)C1(O)CC(C)CCC1=C(C)C. The Morgan fingerprint density at radius 3 is 2.53 bits per heavy atom. The Bertz CT molecular complexity index is 328. The lowest BCUT2D eigenvalue weighted by Crippen LogP contribution is -2.47. The minimum Gasteiger partial charge on any atom is -0.481 e. The van der Waals surface area contributed by atoms with Crippen molar-refractivity contribution in [3.05, 3.63) is 11.1 Å². The number of carboxylic acids is 1. The minimum absolute atomic E-state index is 0.386. The van der Waals surface area contributed by atoms with E-state index in [1.807, 2.05) is 20.8 Å². The lowest BCUT2D eigenvalue weighted by molar-refractivity contribution is -0.152. The zero-order chi connectivity index (χ0) is 13.2. The number of carboxylic acid groups (broad SMARTS) is 1. The molecular weight excluding hydrogens is 216 g/mol. The molecule has 0 amide bonds. The standard InChI is InChI=1S/C14H24O3/c1-5-11(13(15)16)14(17)8-10(4)6-7-12(14)9(2)3/h10-11,17H,5-8H2,1-4H3,(H,15,16). The fourth-order valence-corrected chi connectivity index (χ4v) is 3.12. The number of carbonyl (C=O) groups is 1. The van der Waals surface area contributed by atoms with Crippen molar-refractivity contribution in [2.45, 2.75) is 59.0 Å². The summed E-state index contributed by atoms with van der Waals surface area (Å²) < 4.78 is 0. The Hall–Kier alpha value is -0.830. The maximum absolute atomic E-state index is 11.3. The molecule has 0 aliphatic heterocycles. The van der Waals surface area contributed by atoms with Gasteiger partial charge in [0.25, 0.3) is 0 Å². The zero-order valence-electron chi connectivity index (χ0n) is 11.3. The molecule has 3 nitrogen and oxygen atoms in total. The topological polar surface area (TPSA) is 57.5 Å². The van der Waals surface area contributed by atoms with Gasteiger partial charge in [-0.05, 0) is 51.0 Å². The molecule has 3 heteroatoms. The zero-order valence-corrected chi connectivity index (χ0v) is 11.3. The molecule has 0 aromatic rings. The number of aliphatic carboxylic acids is 1. The number of allylic oxidation sites excluding steroid dienone is 1. The molecule has 0 aromatic carbocycles. The van der Waals surface area contributed by atoms with Gasteiger partial charge in [-0.3, -0.25) is 4.79 Å². The Labute approximate surface area is 104 Å². The molecule has 1 saturated carbocycles. The van der Waals surface area contributed by atoms with Gasteiger partial charge in [0.2, 0.25) is 0 Å². The lowest BCUT2D eigenvalue weighted by atomic mass is 9.67. The molecule has 1 aliphatic rings.